The van der Waals surface area contributed by atoms with E-state index in [-0.39, 0.29) is 12.2 Å². The Morgan fingerprint density at radius 3 is 2.79 bits per heavy atom. The van der Waals surface area contributed by atoms with Gasteiger partial charge in [-0.05, 0) is 67.0 Å². The molecule has 0 radical (unpaired) electrons. The molecular weight excluding hydrogens is 370 g/mol. The molecule has 2 aromatic rings. The van der Waals surface area contributed by atoms with E-state index in [9.17, 15) is 9.90 Å². The number of hydrogen-bond acceptors (Lipinski definition) is 3. The number of rotatable bonds is 7. The summed E-state index contributed by atoms with van der Waals surface area (Å²) in [7, 11) is 0. The van der Waals surface area contributed by atoms with Gasteiger partial charge in [-0.3, -0.25) is 4.79 Å². The third-order valence-corrected chi connectivity index (χ3v) is 5.94. The minimum Gasteiger partial charge on any atom is -0.396 e. The molecule has 1 saturated carbocycles. The largest absolute Gasteiger partial charge is 0.396 e. The highest BCUT2D eigenvalue weighted by molar-refractivity contribution is 7.80. The number of aryl methyl sites for hydroxylation is 1. The first-order chi connectivity index (χ1) is 13.6. The third-order valence-electron chi connectivity index (χ3n) is 5.56. The van der Waals surface area contributed by atoms with Crippen LogP contribution in [0.3, 0.4) is 0 Å². The summed E-state index contributed by atoms with van der Waals surface area (Å²) in [5.41, 5.74) is 2.73. The second-order valence-electron chi connectivity index (χ2n) is 7.68. The van der Waals surface area contributed by atoms with E-state index in [4.69, 9.17) is 12.2 Å². The Kier molecular flexibility index (Phi) is 7.45. The summed E-state index contributed by atoms with van der Waals surface area (Å²) in [5.74, 6) is 0. The number of aromatic amines is 1. The number of nitrogens with one attached hydrogen (secondary N) is 2. The molecule has 28 heavy (non-hydrogen) atoms. The first kappa shape index (κ1) is 20.8. The van der Waals surface area contributed by atoms with Gasteiger partial charge in [-0.1, -0.05) is 32.3 Å². The molecule has 0 bridgehead atoms. The zero-order valence-corrected chi connectivity index (χ0v) is 17.5. The van der Waals surface area contributed by atoms with E-state index < -0.39 is 0 Å². The molecule has 152 valence electrons. The predicted molar refractivity (Wildman–Crippen MR) is 119 cm³/mol. The van der Waals surface area contributed by atoms with Crippen LogP contribution in [-0.2, 0) is 13.0 Å². The molecule has 1 aliphatic carbocycles. The lowest BCUT2D eigenvalue weighted by molar-refractivity contribution is 0.262. The highest BCUT2D eigenvalue weighted by atomic mass is 32.1. The molecule has 5 nitrogen and oxygen atoms in total. The molecule has 0 spiro atoms. The Hall–Kier alpha value is -1.92. The van der Waals surface area contributed by atoms with E-state index in [1.807, 2.05) is 17.0 Å². The van der Waals surface area contributed by atoms with Crippen LogP contribution in [0, 0.1) is 0 Å². The van der Waals surface area contributed by atoms with Crippen molar-refractivity contribution in [1.82, 2.24) is 15.2 Å². The molecule has 6 heteroatoms. The number of aliphatic hydroxyl groups excluding tert-OH is 1. The van der Waals surface area contributed by atoms with Crippen molar-refractivity contribution in [2.75, 3.05) is 13.2 Å². The van der Waals surface area contributed by atoms with Gasteiger partial charge < -0.3 is 20.3 Å². The second kappa shape index (κ2) is 10.0. The molecule has 1 aromatic heterocycles. The SMILES string of the molecule is CCc1ccc2[nH]c(=O)c(CN(CCCO)C(=S)NC3CCCCC3)cc2c1. The van der Waals surface area contributed by atoms with Crippen molar-refractivity contribution in [3.05, 3.63) is 45.7 Å². The maximum Gasteiger partial charge on any atom is 0.253 e. The molecule has 0 aliphatic heterocycles. The summed E-state index contributed by atoms with van der Waals surface area (Å²) in [4.78, 5) is 17.6. The first-order valence-corrected chi connectivity index (χ1v) is 10.8. The van der Waals surface area contributed by atoms with E-state index >= 15 is 0 Å². The first-order valence-electron chi connectivity index (χ1n) is 10.4. The molecule has 0 unspecified atom stereocenters. The van der Waals surface area contributed by atoms with Gasteiger partial charge in [0.1, 0.15) is 0 Å². The summed E-state index contributed by atoms with van der Waals surface area (Å²) >= 11 is 5.67. The molecule has 1 fully saturated rings. The number of hydrogen-bond donors (Lipinski definition) is 3. The quantitative estimate of drug-likeness (QED) is 0.620. The van der Waals surface area contributed by atoms with Crippen molar-refractivity contribution in [1.29, 1.82) is 0 Å². The highest BCUT2D eigenvalue weighted by Gasteiger charge is 2.18. The number of aromatic nitrogens is 1. The smallest absolute Gasteiger partial charge is 0.253 e. The summed E-state index contributed by atoms with van der Waals surface area (Å²) in [5, 5.41) is 14.5. The normalized spacial score (nSPS) is 14.9. The zero-order valence-electron chi connectivity index (χ0n) is 16.7. The zero-order chi connectivity index (χ0) is 19.9. The fourth-order valence-electron chi connectivity index (χ4n) is 3.87. The number of thiocarbonyl (C=S) groups is 1. The van der Waals surface area contributed by atoms with Crippen molar-refractivity contribution in [3.63, 3.8) is 0 Å². The van der Waals surface area contributed by atoms with Crippen LogP contribution in [0.25, 0.3) is 10.9 Å². The van der Waals surface area contributed by atoms with E-state index in [0.717, 1.165) is 30.2 Å². The van der Waals surface area contributed by atoms with Crippen molar-refractivity contribution in [2.24, 2.45) is 0 Å². The lowest BCUT2D eigenvalue weighted by atomic mass is 9.96. The van der Waals surface area contributed by atoms with Crippen LogP contribution in [0.4, 0.5) is 0 Å². The van der Waals surface area contributed by atoms with Crippen molar-refractivity contribution in [2.45, 2.75) is 64.5 Å². The van der Waals surface area contributed by atoms with Crippen LogP contribution in [0.2, 0.25) is 0 Å². The van der Waals surface area contributed by atoms with E-state index in [0.29, 0.717) is 36.2 Å². The Labute approximate surface area is 172 Å². The molecule has 0 amide bonds. The van der Waals surface area contributed by atoms with Gasteiger partial charge >= 0.3 is 0 Å². The maximum atomic E-state index is 12.6. The van der Waals surface area contributed by atoms with Gasteiger partial charge in [-0.25, -0.2) is 0 Å². The molecule has 3 N–H and O–H groups in total. The minimum absolute atomic E-state index is 0.0776. The lowest BCUT2D eigenvalue weighted by Gasteiger charge is -2.30. The van der Waals surface area contributed by atoms with Gasteiger partial charge in [-0.15, -0.1) is 0 Å². The van der Waals surface area contributed by atoms with Crippen LogP contribution >= 0.6 is 12.2 Å². The highest BCUT2D eigenvalue weighted by Crippen LogP contribution is 2.18. The van der Waals surface area contributed by atoms with Crippen LogP contribution in [-0.4, -0.2) is 39.3 Å². The third kappa shape index (κ3) is 5.32. The van der Waals surface area contributed by atoms with E-state index in [2.05, 4.69) is 29.4 Å². The molecule has 3 rings (SSSR count). The Morgan fingerprint density at radius 2 is 2.07 bits per heavy atom. The van der Waals surface area contributed by atoms with Crippen molar-refractivity contribution in [3.8, 4) is 0 Å². The van der Waals surface area contributed by atoms with Gasteiger partial charge in [0.2, 0.25) is 0 Å². The van der Waals surface area contributed by atoms with Crippen LogP contribution in [0.5, 0.6) is 0 Å². The second-order valence-corrected chi connectivity index (χ2v) is 8.07. The number of pyridine rings is 1. The standard InChI is InChI=1S/C22H31N3O2S/c1-2-16-9-10-20-17(13-16)14-18(21(27)24-20)15-25(11-6-12-26)22(28)23-19-7-4-3-5-8-19/h9-10,13-14,19,26H,2-8,11-12,15H2,1H3,(H,23,28)(H,24,27). The summed E-state index contributed by atoms with van der Waals surface area (Å²) in [6.45, 7) is 3.30. The Balaban J connectivity index is 1.79. The van der Waals surface area contributed by atoms with Crippen LogP contribution in [0.1, 0.15) is 56.6 Å². The fraction of sp³-hybridized carbons (Fsp3) is 0.545. The molecule has 1 aromatic carbocycles. The van der Waals surface area contributed by atoms with Gasteiger partial charge in [0.15, 0.2) is 5.11 Å². The summed E-state index contributed by atoms with van der Waals surface area (Å²) in [6.07, 6.45) is 7.64. The molecule has 0 saturated heterocycles. The topological polar surface area (TPSA) is 68.4 Å². The molecule has 0 atom stereocenters. The molecule has 1 heterocycles. The average molecular weight is 402 g/mol. The number of nitrogens with zero attached hydrogens (tertiary/aromatic N) is 1. The van der Waals surface area contributed by atoms with Crippen molar-refractivity contribution < 1.29 is 5.11 Å². The maximum absolute atomic E-state index is 12.6. The predicted octanol–water partition coefficient (Wildman–Crippen LogP) is 3.48. The summed E-state index contributed by atoms with van der Waals surface area (Å²) < 4.78 is 0. The monoisotopic (exact) mass is 401 g/mol. The van der Waals surface area contributed by atoms with Crippen molar-refractivity contribution >= 4 is 28.2 Å². The van der Waals surface area contributed by atoms with Gasteiger partial charge in [-0.2, -0.15) is 0 Å². The number of fused-ring (bicyclic) bond motifs is 1. The van der Waals surface area contributed by atoms with Gasteiger partial charge in [0, 0.05) is 30.3 Å². The minimum atomic E-state index is -0.0776. The van der Waals surface area contributed by atoms with Crippen LogP contribution in [0.15, 0.2) is 29.1 Å². The number of aliphatic hydroxyl groups is 1. The Bertz CT molecular complexity index is 858. The molecule has 1 aliphatic rings. The lowest BCUT2D eigenvalue weighted by Crippen LogP contribution is -2.46. The van der Waals surface area contributed by atoms with Gasteiger partial charge in [0.05, 0.1) is 6.54 Å². The number of H-pyrrole nitrogens is 1. The fourth-order valence-corrected chi connectivity index (χ4v) is 4.19. The van der Waals surface area contributed by atoms with Gasteiger partial charge in [0.25, 0.3) is 5.56 Å². The average Bonchev–Trinajstić information content (AvgIpc) is 2.71. The van der Waals surface area contributed by atoms with Crippen LogP contribution < -0.4 is 10.9 Å². The van der Waals surface area contributed by atoms with E-state index in [1.165, 1.54) is 24.8 Å². The van der Waals surface area contributed by atoms with E-state index in [1.54, 1.807) is 0 Å². The molecular formula is C22H31N3O2S. The Morgan fingerprint density at radius 1 is 1.29 bits per heavy atom. The summed E-state index contributed by atoms with van der Waals surface area (Å²) in [6, 6.07) is 8.54. The number of benzene rings is 1.